The average molecular weight is 668 g/mol. The molecule has 2 aliphatic heterocycles. The van der Waals surface area contributed by atoms with Crippen molar-refractivity contribution in [2.75, 3.05) is 65.4 Å². The Morgan fingerprint density at radius 1 is 0.375 bits per heavy atom. The van der Waals surface area contributed by atoms with Crippen molar-refractivity contribution in [1.29, 1.82) is 0 Å². The number of nitrogens with one attached hydrogen (secondary N) is 3. The van der Waals surface area contributed by atoms with E-state index in [2.05, 4.69) is 50.0 Å². The van der Waals surface area contributed by atoms with E-state index in [-0.39, 0.29) is 62.0 Å². The van der Waals surface area contributed by atoms with Crippen LogP contribution in [0, 0.1) is 0 Å². The highest BCUT2D eigenvalue weighted by Gasteiger charge is 2.09. The van der Waals surface area contributed by atoms with Gasteiger partial charge in [-0.05, 0) is 76.1 Å². The monoisotopic (exact) mass is 665 g/mol. The molecular weight excluding hydrogens is 608 g/mol. The molecule has 240 valence electrons. The molecule has 0 unspecified atom stereocenters. The second kappa shape index (κ2) is 30.9. The van der Waals surface area contributed by atoms with Crippen LogP contribution in [0.3, 0.4) is 0 Å². The Balaban J connectivity index is -0.00000274. The van der Waals surface area contributed by atoms with Crippen LogP contribution in [-0.4, -0.2) is 75.2 Å². The van der Waals surface area contributed by atoms with Gasteiger partial charge in [-0.3, -0.25) is 9.80 Å². The Hall–Kier alpha value is 0.470. The zero-order valence-corrected chi connectivity index (χ0v) is 28.8. The molecule has 0 spiro atoms. The van der Waals surface area contributed by atoms with Crippen LogP contribution in [0.1, 0.15) is 88.2 Å². The number of nitrogens with zero attached hydrogens (tertiary/aromatic N) is 2. The maximum atomic E-state index is 3.64. The minimum Gasteiger partial charge on any atom is -0.315 e. The van der Waals surface area contributed by atoms with Gasteiger partial charge in [0.1, 0.15) is 0 Å². The number of rotatable bonds is 4. The molecule has 2 heterocycles. The maximum Gasteiger partial charge on any atom is 0.0234 e. The van der Waals surface area contributed by atoms with Crippen molar-refractivity contribution in [3.8, 4) is 0 Å². The number of halogens is 5. The highest BCUT2D eigenvalue weighted by Crippen LogP contribution is 2.15. The Kier molecular flexibility index (Phi) is 34.7. The molecule has 3 rings (SSSR count). The van der Waals surface area contributed by atoms with Crippen LogP contribution in [0.15, 0.2) is 24.3 Å². The predicted octanol–water partition coefficient (Wildman–Crippen LogP) is 6.88. The zero-order valence-electron chi connectivity index (χ0n) is 24.7. The van der Waals surface area contributed by atoms with E-state index in [9.17, 15) is 0 Å². The van der Waals surface area contributed by atoms with Crippen LogP contribution in [0.4, 0.5) is 0 Å². The summed E-state index contributed by atoms with van der Waals surface area (Å²) in [5, 5.41) is 10.7. The summed E-state index contributed by atoms with van der Waals surface area (Å²) < 4.78 is 0. The lowest BCUT2D eigenvalue weighted by molar-refractivity contribution is 0.252. The summed E-state index contributed by atoms with van der Waals surface area (Å²) in [4.78, 5) is 5.36. The van der Waals surface area contributed by atoms with E-state index in [4.69, 9.17) is 0 Å². The lowest BCUT2D eigenvalue weighted by Gasteiger charge is -2.24. The minimum absolute atomic E-state index is 0. The molecule has 0 saturated carbocycles. The normalized spacial score (nSPS) is 20.0. The maximum absolute atomic E-state index is 3.64. The number of benzene rings is 1. The van der Waals surface area contributed by atoms with Crippen molar-refractivity contribution in [2.24, 2.45) is 0 Å². The molecule has 5 nitrogen and oxygen atoms in total. The van der Waals surface area contributed by atoms with Gasteiger partial charge in [-0.2, -0.15) is 0 Å². The molecule has 0 bridgehead atoms. The fourth-order valence-corrected chi connectivity index (χ4v) is 5.45. The Bertz CT molecular complexity index is 613. The van der Waals surface area contributed by atoms with Crippen molar-refractivity contribution in [1.82, 2.24) is 25.8 Å². The van der Waals surface area contributed by atoms with Gasteiger partial charge in [0.25, 0.3) is 0 Å². The fourth-order valence-electron chi connectivity index (χ4n) is 5.45. The summed E-state index contributed by atoms with van der Waals surface area (Å²) in [6.07, 6.45) is 16.6. The van der Waals surface area contributed by atoms with Crippen molar-refractivity contribution in [2.45, 2.75) is 90.1 Å². The van der Waals surface area contributed by atoms with Gasteiger partial charge < -0.3 is 16.0 Å². The molecule has 0 atom stereocenters. The Labute approximate surface area is 277 Å². The van der Waals surface area contributed by atoms with Crippen molar-refractivity contribution < 1.29 is 0 Å². The van der Waals surface area contributed by atoms with Gasteiger partial charge in [0.15, 0.2) is 0 Å². The van der Waals surface area contributed by atoms with E-state index in [0.717, 1.165) is 65.4 Å². The Morgan fingerprint density at radius 3 is 1.20 bits per heavy atom. The van der Waals surface area contributed by atoms with Gasteiger partial charge in [0.05, 0.1) is 0 Å². The third-order valence-electron chi connectivity index (χ3n) is 7.65. The summed E-state index contributed by atoms with van der Waals surface area (Å²) in [7, 11) is 0. The molecule has 2 saturated heterocycles. The molecule has 1 aromatic rings. The first-order chi connectivity index (χ1) is 17.4. The topological polar surface area (TPSA) is 42.6 Å². The smallest absolute Gasteiger partial charge is 0.0234 e. The number of hydrogen-bond acceptors (Lipinski definition) is 5. The quantitative estimate of drug-likeness (QED) is 0.327. The molecular formula is C30H60Cl5N5. The third kappa shape index (κ3) is 22.1. The molecule has 0 amide bonds. The second-order valence-electron chi connectivity index (χ2n) is 10.9. The number of hydrogen-bond donors (Lipinski definition) is 3. The van der Waals surface area contributed by atoms with Crippen LogP contribution >= 0.6 is 62.0 Å². The van der Waals surface area contributed by atoms with E-state index >= 15 is 0 Å². The van der Waals surface area contributed by atoms with E-state index in [0.29, 0.717) is 0 Å². The summed E-state index contributed by atoms with van der Waals surface area (Å²) >= 11 is 0. The second-order valence-corrected chi connectivity index (χ2v) is 10.9. The lowest BCUT2D eigenvalue weighted by atomic mass is 10.1. The standard InChI is InChI=1S/C30H55N5.5ClH/c1-2-4-6-8-10-24-34(23-9-7-5-3-1)27-29-13-15-30(16-14-29)28-35-25-12-19-32-21-20-31-17-11-18-33-22-26-35;;;;;/h13-16,31-33H,1-12,17-28H2;5*1H. The van der Waals surface area contributed by atoms with Gasteiger partial charge >= 0.3 is 0 Å². The summed E-state index contributed by atoms with van der Waals surface area (Å²) in [6.45, 7) is 13.6. The summed E-state index contributed by atoms with van der Waals surface area (Å²) in [5.41, 5.74) is 2.94. The Morgan fingerprint density at radius 2 is 0.725 bits per heavy atom. The van der Waals surface area contributed by atoms with Crippen LogP contribution in [0.2, 0.25) is 0 Å². The molecule has 0 aliphatic carbocycles. The first-order valence-electron chi connectivity index (χ1n) is 15.0. The van der Waals surface area contributed by atoms with Crippen molar-refractivity contribution in [3.63, 3.8) is 0 Å². The largest absolute Gasteiger partial charge is 0.315 e. The molecule has 40 heavy (non-hydrogen) atoms. The van der Waals surface area contributed by atoms with Crippen LogP contribution < -0.4 is 16.0 Å². The fraction of sp³-hybridized carbons (Fsp3) is 0.800. The summed E-state index contributed by atoms with van der Waals surface area (Å²) in [5.74, 6) is 0. The SMILES string of the molecule is Cl.Cl.Cl.Cl.Cl.c1cc(CN2CCCNCCNCCCNCC2)ccc1CN1CCCCCCCCCCCC1. The predicted molar refractivity (Wildman–Crippen MR) is 187 cm³/mol. The third-order valence-corrected chi connectivity index (χ3v) is 7.65. The van der Waals surface area contributed by atoms with E-state index in [1.54, 1.807) is 0 Å². The van der Waals surface area contributed by atoms with Gasteiger partial charge in [0.2, 0.25) is 0 Å². The zero-order chi connectivity index (χ0) is 24.2. The van der Waals surface area contributed by atoms with Crippen LogP contribution in [0.5, 0.6) is 0 Å². The average Bonchev–Trinajstić information content (AvgIpc) is 2.90. The van der Waals surface area contributed by atoms with Crippen LogP contribution in [-0.2, 0) is 13.1 Å². The lowest BCUT2D eigenvalue weighted by Crippen LogP contribution is -2.36. The molecule has 0 radical (unpaired) electrons. The van der Waals surface area contributed by atoms with Gasteiger partial charge in [-0.25, -0.2) is 0 Å². The first-order valence-corrected chi connectivity index (χ1v) is 15.0. The van der Waals surface area contributed by atoms with Gasteiger partial charge in [-0.1, -0.05) is 75.6 Å². The first kappa shape index (κ1) is 44.9. The van der Waals surface area contributed by atoms with E-state index in [1.165, 1.54) is 101 Å². The van der Waals surface area contributed by atoms with Crippen molar-refractivity contribution in [3.05, 3.63) is 35.4 Å². The molecule has 2 fully saturated rings. The summed E-state index contributed by atoms with van der Waals surface area (Å²) in [6, 6.07) is 9.57. The molecule has 1 aromatic carbocycles. The molecule has 2 aliphatic rings. The molecule has 3 N–H and O–H groups in total. The molecule has 0 aromatic heterocycles. The van der Waals surface area contributed by atoms with E-state index in [1.807, 2.05) is 0 Å². The minimum atomic E-state index is 0. The van der Waals surface area contributed by atoms with Crippen molar-refractivity contribution >= 4 is 62.0 Å². The van der Waals surface area contributed by atoms with Gasteiger partial charge in [0, 0.05) is 39.3 Å². The highest BCUT2D eigenvalue weighted by molar-refractivity contribution is 5.86. The van der Waals surface area contributed by atoms with Gasteiger partial charge in [-0.15, -0.1) is 62.0 Å². The van der Waals surface area contributed by atoms with Crippen LogP contribution in [0.25, 0.3) is 0 Å². The molecule has 10 heteroatoms. The highest BCUT2D eigenvalue weighted by atomic mass is 35.5. The van der Waals surface area contributed by atoms with E-state index < -0.39 is 0 Å².